The van der Waals surface area contributed by atoms with Crippen molar-refractivity contribution in [2.45, 2.75) is 24.8 Å². The van der Waals surface area contributed by atoms with E-state index in [9.17, 15) is 17.6 Å². The van der Waals surface area contributed by atoms with Crippen LogP contribution in [0, 0.1) is 11.3 Å². The van der Waals surface area contributed by atoms with E-state index in [0.717, 1.165) is 12.1 Å². The number of nitriles is 1. The minimum absolute atomic E-state index is 0.0154. The van der Waals surface area contributed by atoms with Gasteiger partial charge in [-0.3, -0.25) is 0 Å². The Kier molecular flexibility index (Phi) is 8.57. The molecule has 0 heterocycles. The quantitative estimate of drug-likeness (QED) is 0.409. The summed E-state index contributed by atoms with van der Waals surface area (Å²) in [6, 6.07) is 7.68. The summed E-state index contributed by atoms with van der Waals surface area (Å²) in [6.07, 6.45) is 0. The van der Waals surface area contributed by atoms with Crippen LogP contribution < -0.4 is 5.73 Å². The van der Waals surface area contributed by atoms with Crippen LogP contribution in [0.4, 0.5) is 17.6 Å². The van der Waals surface area contributed by atoms with Crippen molar-refractivity contribution < 1.29 is 17.6 Å². The largest absolute Gasteiger partial charge is 0.358 e. The molecule has 10 heteroatoms. The van der Waals surface area contributed by atoms with Gasteiger partial charge >= 0.3 is 5.92 Å². The highest BCUT2D eigenvalue weighted by atomic mass is 79.9. The zero-order valence-electron chi connectivity index (χ0n) is 13.6. The smallest absolute Gasteiger partial charge is 0.323 e. The molecule has 0 bridgehead atoms. The molecule has 2 aromatic carbocycles. The van der Waals surface area contributed by atoms with E-state index in [1.165, 1.54) is 37.3 Å². The van der Waals surface area contributed by atoms with Gasteiger partial charge < -0.3 is 5.73 Å². The summed E-state index contributed by atoms with van der Waals surface area (Å²) in [5.74, 6) is -6.63. The molecule has 146 valence electrons. The molecule has 1 atom stereocenters. The average Bonchev–Trinajstić information content (AvgIpc) is 2.54. The summed E-state index contributed by atoms with van der Waals surface area (Å²) in [4.78, 5) is 0. The van der Waals surface area contributed by atoms with Crippen molar-refractivity contribution in [2.75, 3.05) is 0 Å². The van der Waals surface area contributed by atoms with E-state index in [1.54, 1.807) is 0 Å². The molecule has 0 fully saturated rings. The van der Waals surface area contributed by atoms with E-state index in [2.05, 4.69) is 31.9 Å². The third-order valence-corrected chi connectivity index (χ3v) is 4.88. The molecule has 0 aliphatic carbocycles. The Hall–Kier alpha value is -0.850. The van der Waals surface area contributed by atoms with Crippen LogP contribution in [0.1, 0.15) is 18.1 Å². The summed E-state index contributed by atoms with van der Waals surface area (Å²) in [5.41, 5.74) is 4.48. The molecule has 0 amide bonds. The molecule has 0 saturated heterocycles. The monoisotopic (exact) mass is 548 g/mol. The van der Waals surface area contributed by atoms with E-state index in [4.69, 9.17) is 34.2 Å². The second-order valence-corrected chi connectivity index (χ2v) is 7.99. The molecule has 0 aromatic heterocycles. The molecule has 0 saturated carbocycles. The summed E-state index contributed by atoms with van der Waals surface area (Å²) >= 11 is 17.4. The zero-order chi connectivity index (χ0) is 21.0. The maximum Gasteiger partial charge on any atom is 0.358 e. The maximum absolute atomic E-state index is 13.4. The Bertz CT molecular complexity index is 855. The first kappa shape index (κ1) is 24.2. The van der Waals surface area contributed by atoms with E-state index in [-0.39, 0.29) is 15.6 Å². The van der Waals surface area contributed by atoms with E-state index < -0.39 is 23.5 Å². The first-order valence-corrected chi connectivity index (χ1v) is 9.50. The minimum atomic E-state index is -3.53. The minimum Gasteiger partial charge on any atom is -0.323 e. The van der Waals surface area contributed by atoms with Crippen LogP contribution in [-0.2, 0) is 11.8 Å². The summed E-state index contributed by atoms with van der Waals surface area (Å²) in [7, 11) is 0. The molecule has 27 heavy (non-hydrogen) atoms. The van der Waals surface area contributed by atoms with Crippen molar-refractivity contribution in [3.8, 4) is 6.07 Å². The van der Waals surface area contributed by atoms with Crippen LogP contribution in [0.15, 0.2) is 45.3 Å². The van der Waals surface area contributed by atoms with E-state index in [0.29, 0.717) is 8.95 Å². The van der Waals surface area contributed by atoms with Crippen LogP contribution >= 0.6 is 55.1 Å². The Morgan fingerprint density at radius 1 is 0.963 bits per heavy atom. The molecule has 1 unspecified atom stereocenters. The standard InChI is InChI=1S/C9H9BrClF2N.C8H3BrClF2N/c1-5(14)9(12,13)7-3-2-6(10)4-8(7)11;9-5-1-2-6(7(10)3-5)8(11,12)4-13/h2-5H,14H2,1H3;1-3H. The number of benzene rings is 2. The molecule has 0 spiro atoms. The van der Waals surface area contributed by atoms with Crippen molar-refractivity contribution >= 4 is 55.1 Å². The van der Waals surface area contributed by atoms with Gasteiger partial charge in [-0.1, -0.05) is 61.1 Å². The van der Waals surface area contributed by atoms with Crippen molar-refractivity contribution in [2.24, 2.45) is 5.73 Å². The molecule has 0 radical (unpaired) electrons. The number of nitrogens with two attached hydrogens (primary N) is 1. The van der Waals surface area contributed by atoms with Crippen LogP contribution in [0.25, 0.3) is 0 Å². The van der Waals surface area contributed by atoms with Gasteiger partial charge in [-0.05, 0) is 37.3 Å². The normalized spacial score (nSPS) is 12.6. The summed E-state index contributed by atoms with van der Waals surface area (Å²) < 4.78 is 53.8. The van der Waals surface area contributed by atoms with Gasteiger partial charge in [0.15, 0.2) is 0 Å². The number of hydrogen-bond donors (Lipinski definition) is 1. The molecule has 2 N–H and O–H groups in total. The first-order chi connectivity index (χ1) is 12.3. The average molecular weight is 551 g/mol. The number of rotatable bonds is 3. The summed E-state index contributed by atoms with van der Waals surface area (Å²) in [5, 5.41) is 8.06. The first-order valence-electron chi connectivity index (χ1n) is 7.16. The molecule has 0 aliphatic rings. The van der Waals surface area contributed by atoms with Gasteiger partial charge in [-0.2, -0.15) is 22.8 Å². The van der Waals surface area contributed by atoms with Crippen molar-refractivity contribution in [1.82, 2.24) is 0 Å². The van der Waals surface area contributed by atoms with Crippen molar-refractivity contribution in [3.05, 3.63) is 66.5 Å². The molecule has 0 aliphatic heterocycles. The third kappa shape index (κ3) is 6.33. The summed E-state index contributed by atoms with van der Waals surface area (Å²) in [6.45, 7) is 1.25. The number of alkyl halides is 4. The Morgan fingerprint density at radius 3 is 1.70 bits per heavy atom. The van der Waals surface area contributed by atoms with Crippen LogP contribution in [0.3, 0.4) is 0 Å². The van der Waals surface area contributed by atoms with Gasteiger partial charge in [0.1, 0.15) is 6.07 Å². The van der Waals surface area contributed by atoms with Crippen molar-refractivity contribution in [3.63, 3.8) is 0 Å². The predicted octanol–water partition coefficient (Wildman–Crippen LogP) is 7.26. The Labute approximate surface area is 180 Å². The van der Waals surface area contributed by atoms with Crippen LogP contribution in [0.2, 0.25) is 10.0 Å². The second-order valence-electron chi connectivity index (χ2n) is 5.35. The molecular formula is C17H12Br2Cl2F4N2. The zero-order valence-corrected chi connectivity index (χ0v) is 18.3. The second kappa shape index (κ2) is 9.57. The highest BCUT2D eigenvalue weighted by Crippen LogP contribution is 2.37. The van der Waals surface area contributed by atoms with E-state index >= 15 is 0 Å². The van der Waals surface area contributed by atoms with Gasteiger partial charge in [-0.25, -0.2) is 0 Å². The molecule has 2 nitrogen and oxygen atoms in total. The fraction of sp³-hybridized carbons (Fsp3) is 0.235. The van der Waals surface area contributed by atoms with E-state index in [1.807, 2.05) is 0 Å². The highest BCUT2D eigenvalue weighted by molar-refractivity contribution is 9.10. The lowest BCUT2D eigenvalue weighted by Gasteiger charge is -2.21. The fourth-order valence-corrected chi connectivity index (χ4v) is 3.40. The lowest BCUT2D eigenvalue weighted by Crippen LogP contribution is -2.36. The third-order valence-electron chi connectivity index (χ3n) is 3.27. The molecule has 2 rings (SSSR count). The van der Waals surface area contributed by atoms with Crippen LogP contribution in [0.5, 0.6) is 0 Å². The Balaban J connectivity index is 0.000000271. The van der Waals surface area contributed by atoms with Crippen LogP contribution in [-0.4, -0.2) is 6.04 Å². The lowest BCUT2D eigenvalue weighted by molar-refractivity contribution is -0.0255. The Morgan fingerprint density at radius 2 is 1.37 bits per heavy atom. The molecule has 2 aromatic rings. The van der Waals surface area contributed by atoms with Crippen molar-refractivity contribution in [1.29, 1.82) is 5.26 Å². The SMILES string of the molecule is CC(N)C(F)(F)c1ccc(Br)cc1Cl.N#CC(F)(F)c1ccc(Br)cc1Cl. The number of halogens is 8. The highest BCUT2D eigenvalue weighted by Gasteiger charge is 2.38. The lowest BCUT2D eigenvalue weighted by atomic mass is 10.0. The topological polar surface area (TPSA) is 49.8 Å². The van der Waals surface area contributed by atoms with Gasteiger partial charge in [0.05, 0.1) is 21.7 Å². The van der Waals surface area contributed by atoms with Gasteiger partial charge in [0.2, 0.25) is 0 Å². The van der Waals surface area contributed by atoms with Gasteiger partial charge in [0.25, 0.3) is 5.92 Å². The fourth-order valence-electron chi connectivity index (χ4n) is 1.81. The number of nitrogens with zero attached hydrogens (tertiary/aromatic N) is 1. The molecular weight excluding hydrogens is 539 g/mol. The van der Waals surface area contributed by atoms with Gasteiger partial charge in [-0.15, -0.1) is 0 Å². The predicted molar refractivity (Wildman–Crippen MR) is 105 cm³/mol. The maximum atomic E-state index is 13.4. The number of hydrogen-bond acceptors (Lipinski definition) is 2. The van der Waals surface area contributed by atoms with Gasteiger partial charge in [0, 0.05) is 14.5 Å².